The van der Waals surface area contributed by atoms with Gasteiger partial charge in [0.2, 0.25) is 23.3 Å². The number of fused-ring (bicyclic) bond motifs is 2. The number of ether oxygens (including phenoxy) is 2. The number of amides is 6. The predicted octanol–water partition coefficient (Wildman–Crippen LogP) is -6.56. The molecule has 0 spiro atoms. The Morgan fingerprint density at radius 2 is 0.909 bits per heavy atom. The number of phenols is 8. The molecule has 4 aliphatic heterocycles. The number of aromatic nitrogens is 4. The minimum Gasteiger partial charge on any atom is -0.503 e. The molecular weight excluding hydrogens is 1190 g/mol. The Kier molecular flexibility index (Phi) is 13.7. The maximum atomic E-state index is 14.5. The van der Waals surface area contributed by atoms with Crippen LogP contribution in [0.15, 0.2) is 48.5 Å². The van der Waals surface area contributed by atoms with Gasteiger partial charge in [0.1, 0.15) is 45.6 Å². The molecule has 38 nitrogen and oxygen atoms in total. The van der Waals surface area contributed by atoms with Crippen molar-refractivity contribution in [2.24, 2.45) is 17.4 Å². The van der Waals surface area contributed by atoms with Crippen molar-refractivity contribution in [3.63, 3.8) is 0 Å². The summed E-state index contributed by atoms with van der Waals surface area (Å²) in [4.78, 5) is 79.9. The summed E-state index contributed by atoms with van der Waals surface area (Å²) in [6, 6.07) is 9.64. The molecule has 2 aromatic heterocycles. The lowest BCUT2D eigenvalue weighted by molar-refractivity contribution is -0.354. The first kappa shape index (κ1) is 60.8. The number of hydrogen-bond acceptors (Lipinski definition) is 30. The molecule has 2 fully saturated rings. The van der Waals surface area contributed by atoms with E-state index in [0.717, 1.165) is 28.9 Å². The van der Waals surface area contributed by atoms with Gasteiger partial charge < -0.3 is 123 Å². The van der Waals surface area contributed by atoms with Gasteiger partial charge in [0.25, 0.3) is 47.3 Å². The minimum absolute atomic E-state index is 0.0206. The van der Waals surface area contributed by atoms with Gasteiger partial charge in [0, 0.05) is 17.5 Å². The number of carbonyl (C=O) groups is 6. The van der Waals surface area contributed by atoms with E-state index in [1.54, 1.807) is 0 Å². The van der Waals surface area contributed by atoms with Crippen LogP contribution >= 0.6 is 0 Å². The molecule has 6 amide bonds. The standard InChI is InChI=1S/C50H48N10O28/c1-87-19-6-2-17(3-7-19)59-26-21(24(53-59)40(51)70)12-49(83,84)57(43(26)73)30-36(66)38(68)31(39(69)37(30)67)58-44(74)45(75,76)10-16(50(58,85)86)14-88-20-8-4-18(5-9-20)60-27-22(25(54-60)41(52)71)11-48(81,82)56(42(27)72)29-34(64)32(62)28(33(63)35(29)65)55-15-47(79,80)46(77,78)13-23(55)61/h2-9,16,62-69,75-86H,10-15H2,1H3,(H2,51,70)(H2,52,71). The molecule has 4 aliphatic rings. The van der Waals surface area contributed by atoms with E-state index in [2.05, 4.69) is 10.2 Å². The van der Waals surface area contributed by atoms with E-state index in [9.17, 15) is 131 Å². The molecule has 0 bridgehead atoms. The maximum absolute atomic E-state index is 14.5. The maximum Gasteiger partial charge on any atom is 0.291 e. The summed E-state index contributed by atoms with van der Waals surface area (Å²) in [5, 5.41) is 230. The number of rotatable bonds is 12. The number of hydrogen-bond donors (Lipinski definition) is 22. The summed E-state index contributed by atoms with van der Waals surface area (Å²) in [6.07, 6.45) is -5.32. The van der Waals surface area contributed by atoms with Crippen LogP contribution in [0.3, 0.4) is 0 Å². The summed E-state index contributed by atoms with van der Waals surface area (Å²) < 4.78 is 12.2. The lowest BCUT2D eigenvalue weighted by Crippen LogP contribution is -2.69. The number of piperidine rings is 2. The van der Waals surface area contributed by atoms with Crippen molar-refractivity contribution >= 4 is 58.2 Å². The van der Waals surface area contributed by atoms with Crippen LogP contribution in [-0.4, -0.2) is 212 Å². The third-order valence-electron chi connectivity index (χ3n) is 14.9. The van der Waals surface area contributed by atoms with Crippen LogP contribution in [0.4, 0.5) is 22.7 Å². The van der Waals surface area contributed by atoms with Crippen molar-refractivity contribution in [3.8, 4) is 68.9 Å². The second kappa shape index (κ2) is 19.8. The molecular formula is C50H48N10O28. The molecule has 466 valence electrons. The molecule has 0 radical (unpaired) electrons. The molecule has 1 unspecified atom stereocenters. The number of nitrogens with zero attached hydrogens (tertiary/aromatic N) is 8. The third kappa shape index (κ3) is 8.98. The molecule has 0 saturated carbocycles. The van der Waals surface area contributed by atoms with Crippen LogP contribution in [0.25, 0.3) is 11.4 Å². The van der Waals surface area contributed by atoms with E-state index in [4.69, 9.17) is 20.9 Å². The molecule has 0 aliphatic carbocycles. The molecule has 6 heterocycles. The van der Waals surface area contributed by atoms with Gasteiger partial charge in [-0.15, -0.1) is 0 Å². The summed E-state index contributed by atoms with van der Waals surface area (Å²) >= 11 is 0. The molecule has 10 rings (SSSR count). The molecule has 24 N–H and O–H groups in total. The van der Waals surface area contributed by atoms with E-state index >= 15 is 0 Å². The quantitative estimate of drug-likeness (QED) is 0.0308. The number of methoxy groups -OCH3 is 1. The lowest BCUT2D eigenvalue weighted by Gasteiger charge is -2.48. The molecule has 4 aromatic carbocycles. The average Bonchev–Trinajstić information content (AvgIpc) is 1.53. The summed E-state index contributed by atoms with van der Waals surface area (Å²) in [6.45, 7) is -2.66. The Balaban J connectivity index is 0.947. The Morgan fingerprint density at radius 3 is 1.30 bits per heavy atom. The number of β-amino-alcohol motifs (C(OH)–C–C–N with tert-alkyl or cyclic N) is 2. The van der Waals surface area contributed by atoms with Crippen molar-refractivity contribution in [1.29, 1.82) is 0 Å². The number of primary amides is 2. The number of benzene rings is 4. The number of aliphatic hydroxyl groups is 12. The van der Waals surface area contributed by atoms with Crippen LogP contribution in [0.1, 0.15) is 65.9 Å². The first-order chi connectivity index (χ1) is 40.7. The second-order valence-corrected chi connectivity index (χ2v) is 20.6. The van der Waals surface area contributed by atoms with E-state index in [1.165, 1.54) is 31.4 Å². The van der Waals surface area contributed by atoms with Crippen molar-refractivity contribution in [1.82, 2.24) is 19.6 Å². The van der Waals surface area contributed by atoms with Gasteiger partial charge in [0.05, 0.1) is 56.8 Å². The highest BCUT2D eigenvalue weighted by molar-refractivity contribution is 6.15. The van der Waals surface area contributed by atoms with Crippen molar-refractivity contribution in [2.45, 2.75) is 60.8 Å². The van der Waals surface area contributed by atoms with Crippen LogP contribution in [0.5, 0.6) is 57.5 Å². The smallest absolute Gasteiger partial charge is 0.291 e. The summed E-state index contributed by atoms with van der Waals surface area (Å²) in [5.74, 6) is -47.9. The highest BCUT2D eigenvalue weighted by Crippen LogP contribution is 2.61. The molecule has 6 aromatic rings. The van der Waals surface area contributed by atoms with E-state index in [-0.39, 0.29) is 31.8 Å². The van der Waals surface area contributed by atoms with Gasteiger partial charge in [-0.2, -0.15) is 10.2 Å². The highest BCUT2D eigenvalue weighted by atomic mass is 16.6. The minimum atomic E-state index is -3.88. The molecule has 1 atom stereocenters. The number of nitrogens with two attached hydrogens (primary N) is 2. The Morgan fingerprint density at radius 1 is 0.534 bits per heavy atom. The van der Waals surface area contributed by atoms with E-state index in [0.29, 0.717) is 10.4 Å². The van der Waals surface area contributed by atoms with Gasteiger partial charge >= 0.3 is 0 Å². The average molecular weight is 1240 g/mol. The topological polar surface area (TPSA) is 626 Å². The van der Waals surface area contributed by atoms with Crippen LogP contribution in [0.2, 0.25) is 0 Å². The van der Waals surface area contributed by atoms with Gasteiger partial charge in [-0.05, 0) is 48.5 Å². The lowest BCUT2D eigenvalue weighted by atomic mass is 9.88. The van der Waals surface area contributed by atoms with Gasteiger partial charge in [0.15, 0.2) is 57.4 Å². The zero-order valence-electron chi connectivity index (χ0n) is 44.4. The Hall–Kier alpha value is -10.4. The Bertz CT molecular complexity index is 3960. The molecule has 88 heavy (non-hydrogen) atoms. The van der Waals surface area contributed by atoms with E-state index < -0.39 is 223 Å². The van der Waals surface area contributed by atoms with Crippen molar-refractivity contribution in [2.75, 3.05) is 39.9 Å². The van der Waals surface area contributed by atoms with Crippen molar-refractivity contribution in [3.05, 3.63) is 82.4 Å². The number of phenolic OH excluding ortho intramolecular Hbond substituents is 8. The number of anilines is 4. The van der Waals surface area contributed by atoms with Crippen LogP contribution < -0.4 is 40.5 Å². The van der Waals surface area contributed by atoms with Gasteiger partial charge in [-0.1, -0.05) is 0 Å². The summed E-state index contributed by atoms with van der Waals surface area (Å²) in [7, 11) is 1.34. The molecule has 2 saturated heterocycles. The SMILES string of the molecule is COc1ccc(-n2nc(C(N)=O)c3c2C(=O)N(c2c(O)c(O)c(N4C(=O)C(O)(O)CC(COc5ccc(-n6nc(C(N)=O)c7c6C(=O)N(c6c(O)c(O)c(N8CC(O)(O)C(O)(O)CC8=O)c(O)c6O)C(O)(O)C7)cc5)C4(O)O)c(O)c2O)C(O)(O)C3)cc1. The highest BCUT2D eigenvalue weighted by Gasteiger charge is 2.61. The Labute approximate surface area is 486 Å². The van der Waals surface area contributed by atoms with Gasteiger partial charge in [-0.25, -0.2) is 24.1 Å². The van der Waals surface area contributed by atoms with E-state index in [1.807, 2.05) is 0 Å². The fourth-order valence-corrected chi connectivity index (χ4v) is 10.6. The zero-order valence-corrected chi connectivity index (χ0v) is 44.4. The predicted molar refractivity (Wildman–Crippen MR) is 279 cm³/mol. The first-order valence-corrected chi connectivity index (χ1v) is 25.0. The summed E-state index contributed by atoms with van der Waals surface area (Å²) in [5.41, 5.74) is 0.718. The third-order valence-corrected chi connectivity index (χ3v) is 14.9. The van der Waals surface area contributed by atoms with Crippen LogP contribution in [-0.2, 0) is 22.4 Å². The fraction of sp³-hybridized carbons (Fsp3) is 0.280. The molecule has 38 heteroatoms. The van der Waals surface area contributed by atoms with Crippen molar-refractivity contribution < 1.29 is 140 Å². The van der Waals surface area contributed by atoms with Gasteiger partial charge in [-0.3, -0.25) is 33.7 Å². The van der Waals surface area contributed by atoms with Crippen LogP contribution in [0, 0.1) is 5.92 Å². The second-order valence-electron chi connectivity index (χ2n) is 20.6. The fourth-order valence-electron chi connectivity index (χ4n) is 10.6. The number of aromatic hydroxyl groups is 8. The monoisotopic (exact) mass is 1240 g/mol. The largest absolute Gasteiger partial charge is 0.503 e. The zero-order chi connectivity index (χ0) is 64.9. The first-order valence-electron chi connectivity index (χ1n) is 25.0. The normalized spacial score (nSPS) is 19.8. The number of carbonyl (C=O) groups excluding carboxylic acids is 6.